The van der Waals surface area contributed by atoms with Crippen LogP contribution in [0.25, 0.3) is 6.08 Å². The predicted molar refractivity (Wildman–Crippen MR) is 93.4 cm³/mol. The summed E-state index contributed by atoms with van der Waals surface area (Å²) in [6.45, 7) is 2.03. The first-order chi connectivity index (χ1) is 10.1. The number of carbonyl (C=O) groups is 1. The highest BCUT2D eigenvalue weighted by atomic mass is 79.9. The molecule has 0 saturated carbocycles. The Morgan fingerprint density at radius 1 is 1.33 bits per heavy atom. The maximum atomic E-state index is 11.9. The van der Waals surface area contributed by atoms with E-state index in [1.54, 1.807) is 32.1 Å². The molecule has 0 atom stereocenters. The van der Waals surface area contributed by atoms with Crippen LogP contribution in [0.4, 0.5) is 0 Å². The Kier molecular flexibility index (Phi) is 5.78. The molecule has 112 valence electrons. The smallest absolute Gasteiger partial charge is 0.244 e. The van der Waals surface area contributed by atoms with Crippen molar-refractivity contribution in [2.75, 3.05) is 20.0 Å². The van der Waals surface area contributed by atoms with Crippen molar-refractivity contribution in [3.63, 3.8) is 0 Å². The van der Waals surface area contributed by atoms with Crippen molar-refractivity contribution in [3.8, 4) is 11.5 Å². The molecule has 1 heterocycles. The minimum atomic E-state index is -0.0346. The Morgan fingerprint density at radius 3 is 2.62 bits per heavy atom. The number of methoxy groups -OCH3 is 2. The predicted octanol–water partition coefficient (Wildman–Crippen LogP) is 4.19. The number of nitrogens with zero attached hydrogens (tertiary/aromatic N) is 1. The van der Waals surface area contributed by atoms with E-state index in [0.29, 0.717) is 17.2 Å². The zero-order valence-corrected chi connectivity index (χ0v) is 15.0. The maximum absolute atomic E-state index is 11.9. The first-order valence-corrected chi connectivity index (χ1v) is 8.75. The van der Waals surface area contributed by atoms with Gasteiger partial charge in [0.1, 0.15) is 10.1 Å². The highest BCUT2D eigenvalue weighted by Gasteiger charge is 2.22. The Morgan fingerprint density at radius 2 is 2.00 bits per heavy atom. The second kappa shape index (κ2) is 7.38. The van der Waals surface area contributed by atoms with Crippen molar-refractivity contribution in [1.29, 1.82) is 0 Å². The summed E-state index contributed by atoms with van der Waals surface area (Å²) in [7, 11) is 3.16. The molecule has 0 bridgehead atoms. The maximum Gasteiger partial charge on any atom is 0.244 e. The average Bonchev–Trinajstić information content (AvgIpc) is 2.81. The number of hydrogen-bond acceptors (Lipinski definition) is 6. The lowest BCUT2D eigenvalue weighted by molar-refractivity contribution is -0.107. The molecule has 1 aromatic rings. The molecule has 0 spiro atoms. The summed E-state index contributed by atoms with van der Waals surface area (Å²) < 4.78 is 12.1. The van der Waals surface area contributed by atoms with Gasteiger partial charge in [0.2, 0.25) is 5.12 Å². The van der Waals surface area contributed by atoms with E-state index < -0.39 is 0 Å². The van der Waals surface area contributed by atoms with Crippen LogP contribution in [0.15, 0.2) is 27.3 Å². The molecule has 1 aromatic carbocycles. The van der Waals surface area contributed by atoms with Crippen molar-refractivity contribution in [3.05, 3.63) is 27.9 Å². The molecular weight excluding hydrogens is 374 g/mol. The summed E-state index contributed by atoms with van der Waals surface area (Å²) in [5.41, 5.74) is 1.27. The summed E-state index contributed by atoms with van der Waals surface area (Å²) in [5, 5.41) is -0.0346. The monoisotopic (exact) mass is 387 g/mol. The van der Waals surface area contributed by atoms with Gasteiger partial charge >= 0.3 is 0 Å². The lowest BCUT2D eigenvalue weighted by Gasteiger charge is -2.09. The van der Waals surface area contributed by atoms with Crippen molar-refractivity contribution < 1.29 is 14.3 Å². The molecule has 4 nitrogen and oxygen atoms in total. The van der Waals surface area contributed by atoms with E-state index >= 15 is 0 Å². The van der Waals surface area contributed by atoms with Gasteiger partial charge in [-0.15, -0.1) is 0 Å². The SMILES string of the molecule is CCSC1=N/C(=C\c2cc(OC)c(OC)cc2Br)C(=O)S1. The van der Waals surface area contributed by atoms with Crippen molar-refractivity contribution in [1.82, 2.24) is 0 Å². The fourth-order valence-corrected chi connectivity index (χ4v) is 3.88. The Balaban J connectivity index is 2.39. The van der Waals surface area contributed by atoms with Gasteiger partial charge in [-0.2, -0.15) is 0 Å². The quantitative estimate of drug-likeness (QED) is 0.724. The molecule has 0 aliphatic carbocycles. The summed E-state index contributed by atoms with van der Waals surface area (Å²) in [6, 6.07) is 3.62. The normalized spacial score (nSPS) is 16.3. The number of ether oxygens (including phenoxy) is 2. The molecular formula is C14H14BrNO3S2. The van der Waals surface area contributed by atoms with Crippen LogP contribution >= 0.6 is 39.5 Å². The molecule has 0 unspecified atom stereocenters. The molecule has 1 aliphatic rings. The Bertz CT molecular complexity index is 629. The van der Waals surface area contributed by atoms with E-state index in [1.807, 2.05) is 19.1 Å². The van der Waals surface area contributed by atoms with E-state index in [2.05, 4.69) is 20.9 Å². The van der Waals surface area contributed by atoms with Gasteiger partial charge in [0.25, 0.3) is 0 Å². The van der Waals surface area contributed by atoms with Gasteiger partial charge in [0, 0.05) is 4.47 Å². The van der Waals surface area contributed by atoms with Crippen LogP contribution < -0.4 is 9.47 Å². The summed E-state index contributed by atoms with van der Waals surface area (Å²) in [4.78, 5) is 16.3. The number of aliphatic imine (C=N–C) groups is 1. The van der Waals surface area contributed by atoms with Crippen LogP contribution in [0.2, 0.25) is 0 Å². The zero-order chi connectivity index (χ0) is 15.4. The van der Waals surface area contributed by atoms with Crippen molar-refractivity contribution in [2.45, 2.75) is 6.92 Å². The van der Waals surface area contributed by atoms with Gasteiger partial charge in [-0.05, 0) is 41.3 Å². The topological polar surface area (TPSA) is 47.9 Å². The van der Waals surface area contributed by atoms with Crippen LogP contribution in [-0.4, -0.2) is 29.5 Å². The molecule has 0 fully saturated rings. The molecule has 0 aromatic heterocycles. The highest BCUT2D eigenvalue weighted by molar-refractivity contribution is 9.10. The third-order valence-corrected chi connectivity index (χ3v) is 5.24. The van der Waals surface area contributed by atoms with Crippen LogP contribution in [-0.2, 0) is 4.79 Å². The zero-order valence-electron chi connectivity index (χ0n) is 11.8. The van der Waals surface area contributed by atoms with E-state index in [-0.39, 0.29) is 5.12 Å². The Hall–Kier alpha value is -0.920. The molecule has 21 heavy (non-hydrogen) atoms. The lowest BCUT2D eigenvalue weighted by atomic mass is 10.1. The van der Waals surface area contributed by atoms with Gasteiger partial charge in [0.05, 0.1) is 14.2 Å². The number of carbonyl (C=O) groups excluding carboxylic acids is 1. The molecule has 0 saturated heterocycles. The number of thioether (sulfide) groups is 2. The number of benzene rings is 1. The largest absolute Gasteiger partial charge is 0.493 e. The number of rotatable bonds is 4. The van der Waals surface area contributed by atoms with Gasteiger partial charge in [-0.3, -0.25) is 4.79 Å². The Labute approximate surface area is 140 Å². The lowest BCUT2D eigenvalue weighted by Crippen LogP contribution is -1.93. The van der Waals surface area contributed by atoms with Crippen molar-refractivity contribution in [2.24, 2.45) is 4.99 Å². The number of halogens is 1. The second-order valence-electron chi connectivity index (χ2n) is 3.96. The van der Waals surface area contributed by atoms with Gasteiger partial charge < -0.3 is 9.47 Å². The minimum Gasteiger partial charge on any atom is -0.493 e. The van der Waals surface area contributed by atoms with E-state index in [4.69, 9.17) is 9.47 Å². The fourth-order valence-electron chi connectivity index (χ4n) is 1.70. The standard InChI is InChI=1S/C14H14BrNO3S2/c1-4-20-14-16-10(13(17)21-14)5-8-6-11(18-2)12(19-3)7-9(8)15/h5-7H,4H2,1-3H3/b10-5-. The molecule has 0 amide bonds. The third-order valence-electron chi connectivity index (χ3n) is 2.66. The van der Waals surface area contributed by atoms with Gasteiger partial charge in [-0.1, -0.05) is 34.6 Å². The van der Waals surface area contributed by atoms with Gasteiger partial charge in [-0.25, -0.2) is 4.99 Å². The summed E-state index contributed by atoms with van der Waals surface area (Å²) in [5.74, 6) is 2.13. The summed E-state index contributed by atoms with van der Waals surface area (Å²) in [6.07, 6.45) is 1.75. The van der Waals surface area contributed by atoms with E-state index in [1.165, 1.54) is 11.8 Å². The van der Waals surface area contributed by atoms with Crippen LogP contribution in [0.1, 0.15) is 12.5 Å². The molecule has 1 aliphatic heterocycles. The molecule has 0 radical (unpaired) electrons. The molecule has 0 N–H and O–H groups in total. The number of hydrogen-bond donors (Lipinski definition) is 0. The van der Waals surface area contributed by atoms with E-state index in [0.717, 1.165) is 20.2 Å². The second-order valence-corrected chi connectivity index (χ2v) is 7.29. The van der Waals surface area contributed by atoms with Crippen LogP contribution in [0.5, 0.6) is 11.5 Å². The average molecular weight is 388 g/mol. The summed E-state index contributed by atoms with van der Waals surface area (Å²) >= 11 is 6.22. The van der Waals surface area contributed by atoms with Crippen molar-refractivity contribution >= 4 is 55.0 Å². The van der Waals surface area contributed by atoms with Gasteiger partial charge in [0.15, 0.2) is 11.5 Å². The third kappa shape index (κ3) is 3.84. The van der Waals surface area contributed by atoms with Crippen LogP contribution in [0, 0.1) is 0 Å². The first kappa shape index (κ1) is 16.5. The molecule has 7 heteroatoms. The van der Waals surface area contributed by atoms with E-state index in [9.17, 15) is 4.79 Å². The van der Waals surface area contributed by atoms with Crippen LogP contribution in [0.3, 0.4) is 0 Å². The fraction of sp³-hybridized carbons (Fsp3) is 0.286. The first-order valence-electron chi connectivity index (χ1n) is 6.16. The molecule has 2 rings (SSSR count). The minimum absolute atomic E-state index is 0.0346. The highest BCUT2D eigenvalue weighted by Crippen LogP contribution is 2.36.